The van der Waals surface area contributed by atoms with Crippen LogP contribution in [0.4, 0.5) is 17.2 Å². The molecule has 150 valence electrons. The van der Waals surface area contributed by atoms with Crippen molar-refractivity contribution in [2.45, 2.75) is 57.4 Å². The van der Waals surface area contributed by atoms with Gasteiger partial charge in [-0.15, -0.1) is 0 Å². The number of rotatable bonds is 8. The number of carbonyl (C=O) groups excluding carboxylic acids is 1. The average molecular weight is 389 g/mol. The van der Waals surface area contributed by atoms with Gasteiger partial charge in [-0.2, -0.15) is 5.26 Å². The zero-order valence-electron chi connectivity index (χ0n) is 17.2. The van der Waals surface area contributed by atoms with Crippen LogP contribution in [0.5, 0.6) is 0 Å². The molecule has 0 bridgehead atoms. The number of aldehydes is 1. The zero-order chi connectivity index (χ0) is 20.4. The van der Waals surface area contributed by atoms with Crippen molar-refractivity contribution in [2.75, 3.05) is 16.8 Å². The topological polar surface area (TPSA) is 69.0 Å². The molecule has 1 N–H and O–H groups in total. The van der Waals surface area contributed by atoms with Crippen LogP contribution in [0.1, 0.15) is 57.1 Å². The molecule has 4 rings (SSSR count). The molecule has 0 spiro atoms. The highest BCUT2D eigenvalue weighted by molar-refractivity contribution is 5.77. The summed E-state index contributed by atoms with van der Waals surface area (Å²) in [5.41, 5.74) is 3.08. The minimum atomic E-state index is -0.383. The Morgan fingerprint density at radius 1 is 1.31 bits per heavy atom. The smallest absolute Gasteiger partial charge is 0.152 e. The van der Waals surface area contributed by atoms with Crippen molar-refractivity contribution in [1.29, 1.82) is 5.26 Å². The van der Waals surface area contributed by atoms with Gasteiger partial charge in [-0.1, -0.05) is 6.42 Å². The van der Waals surface area contributed by atoms with Crippen molar-refractivity contribution >= 4 is 23.5 Å². The summed E-state index contributed by atoms with van der Waals surface area (Å²) in [4.78, 5) is 19.1. The molecule has 0 atom stereocenters. The molecule has 5 heteroatoms. The van der Waals surface area contributed by atoms with E-state index in [-0.39, 0.29) is 5.41 Å². The Hall–Kier alpha value is -2.87. The second kappa shape index (κ2) is 7.87. The van der Waals surface area contributed by atoms with Crippen molar-refractivity contribution in [3.63, 3.8) is 0 Å². The Balaban J connectivity index is 1.72. The molecular weight excluding hydrogens is 360 g/mol. The molecule has 0 saturated heterocycles. The minimum absolute atomic E-state index is 0.333. The first kappa shape index (κ1) is 19.4. The number of aromatic nitrogens is 1. The minimum Gasteiger partial charge on any atom is -0.352 e. The van der Waals surface area contributed by atoms with Gasteiger partial charge in [0.15, 0.2) is 5.82 Å². The number of hydrogen-bond acceptors (Lipinski definition) is 5. The number of hydrogen-bond donors (Lipinski definition) is 1. The van der Waals surface area contributed by atoms with Crippen LogP contribution >= 0.6 is 0 Å². The van der Waals surface area contributed by atoms with E-state index in [4.69, 9.17) is 10.2 Å². The van der Waals surface area contributed by atoms with Crippen molar-refractivity contribution in [3.8, 4) is 6.07 Å². The van der Waals surface area contributed by atoms with Gasteiger partial charge in [0.25, 0.3) is 0 Å². The standard InChI is InChI=1S/C24H28N4O/c1-17(2)28(15-19-4-5-19)23-22(27-21-8-6-18(13-25)7-9-21)12-20(14-26-23)24(16-29)10-3-11-24/h6-9,12,14,16-17,19,27H,3-5,10-11,15H2,1-2H3. The van der Waals surface area contributed by atoms with Gasteiger partial charge in [0.2, 0.25) is 0 Å². The van der Waals surface area contributed by atoms with Crippen molar-refractivity contribution in [1.82, 2.24) is 4.98 Å². The predicted octanol–water partition coefficient (Wildman–Crippen LogP) is 4.94. The second-order valence-corrected chi connectivity index (χ2v) is 8.73. The molecule has 1 aromatic carbocycles. The van der Waals surface area contributed by atoms with E-state index in [2.05, 4.69) is 36.2 Å². The highest BCUT2D eigenvalue weighted by atomic mass is 16.1. The van der Waals surface area contributed by atoms with E-state index in [1.165, 1.54) is 12.8 Å². The van der Waals surface area contributed by atoms with Crippen molar-refractivity contribution < 1.29 is 4.79 Å². The quantitative estimate of drug-likeness (QED) is 0.649. The Morgan fingerprint density at radius 2 is 2.03 bits per heavy atom. The Bertz CT molecular complexity index is 921. The van der Waals surface area contributed by atoms with Crippen LogP contribution in [-0.4, -0.2) is 23.9 Å². The summed E-state index contributed by atoms with van der Waals surface area (Å²) < 4.78 is 0. The van der Waals surface area contributed by atoms with Gasteiger partial charge in [0.05, 0.1) is 22.7 Å². The molecule has 1 heterocycles. The Morgan fingerprint density at radius 3 is 2.55 bits per heavy atom. The molecule has 0 unspecified atom stereocenters. The van der Waals surface area contributed by atoms with Gasteiger partial charge in [-0.3, -0.25) is 0 Å². The second-order valence-electron chi connectivity index (χ2n) is 8.73. The lowest BCUT2D eigenvalue weighted by molar-refractivity contribution is -0.115. The molecule has 2 aliphatic rings. The third-order valence-corrected chi connectivity index (χ3v) is 6.25. The lowest BCUT2D eigenvalue weighted by Crippen LogP contribution is -2.37. The molecule has 1 aromatic heterocycles. The first-order chi connectivity index (χ1) is 14.0. The summed E-state index contributed by atoms with van der Waals surface area (Å²) in [5, 5.41) is 12.6. The number of benzene rings is 1. The molecule has 0 radical (unpaired) electrons. The average Bonchev–Trinajstić information content (AvgIpc) is 3.51. The van der Waals surface area contributed by atoms with Crippen LogP contribution < -0.4 is 10.2 Å². The van der Waals surface area contributed by atoms with Gasteiger partial charge < -0.3 is 15.0 Å². The van der Waals surface area contributed by atoms with E-state index in [9.17, 15) is 4.79 Å². The van der Waals surface area contributed by atoms with Gasteiger partial charge in [0.1, 0.15) is 6.29 Å². The zero-order valence-corrected chi connectivity index (χ0v) is 17.2. The van der Waals surface area contributed by atoms with Gasteiger partial charge in [-0.25, -0.2) is 4.98 Å². The van der Waals surface area contributed by atoms with Gasteiger partial charge >= 0.3 is 0 Å². The molecule has 2 saturated carbocycles. The number of pyridine rings is 1. The third kappa shape index (κ3) is 3.98. The Kier molecular flexibility index (Phi) is 5.27. The molecule has 0 aliphatic heterocycles. The number of nitrogens with one attached hydrogen (secondary N) is 1. The normalized spacial score (nSPS) is 17.3. The molecular formula is C24H28N4O. The maximum atomic E-state index is 11.8. The highest BCUT2D eigenvalue weighted by Crippen LogP contribution is 2.44. The number of anilines is 3. The van der Waals surface area contributed by atoms with Crippen LogP contribution in [0.2, 0.25) is 0 Å². The summed E-state index contributed by atoms with van der Waals surface area (Å²) in [6.45, 7) is 5.40. The number of nitriles is 1. The first-order valence-electron chi connectivity index (χ1n) is 10.6. The third-order valence-electron chi connectivity index (χ3n) is 6.25. The lowest BCUT2D eigenvalue weighted by atomic mass is 9.66. The molecule has 29 heavy (non-hydrogen) atoms. The molecule has 0 amide bonds. The van der Waals surface area contributed by atoms with Crippen LogP contribution in [-0.2, 0) is 10.2 Å². The van der Waals surface area contributed by atoms with Crippen molar-refractivity contribution in [2.24, 2.45) is 5.92 Å². The number of carbonyl (C=O) groups is 1. The van der Waals surface area contributed by atoms with E-state index in [1.54, 1.807) is 0 Å². The molecule has 2 aromatic rings. The van der Waals surface area contributed by atoms with E-state index in [1.807, 2.05) is 30.5 Å². The van der Waals surface area contributed by atoms with Gasteiger partial charge in [0, 0.05) is 24.5 Å². The largest absolute Gasteiger partial charge is 0.352 e. The summed E-state index contributed by atoms with van der Waals surface area (Å²) in [5.74, 6) is 1.68. The van der Waals surface area contributed by atoms with E-state index in [0.29, 0.717) is 11.6 Å². The fourth-order valence-corrected chi connectivity index (χ4v) is 3.99. The molecule has 2 fully saturated rings. The van der Waals surface area contributed by atoms with Crippen LogP contribution in [0, 0.1) is 17.2 Å². The van der Waals surface area contributed by atoms with Crippen molar-refractivity contribution in [3.05, 3.63) is 47.7 Å². The number of nitrogens with zero attached hydrogens (tertiary/aromatic N) is 3. The van der Waals surface area contributed by atoms with E-state index < -0.39 is 0 Å². The maximum Gasteiger partial charge on any atom is 0.152 e. The SMILES string of the molecule is CC(C)N(CC1CC1)c1ncc(C2(C=O)CCC2)cc1Nc1ccc(C#N)cc1. The fraction of sp³-hybridized carbons (Fsp3) is 0.458. The van der Waals surface area contributed by atoms with Crippen LogP contribution in [0.25, 0.3) is 0 Å². The van der Waals surface area contributed by atoms with E-state index in [0.717, 1.165) is 60.8 Å². The summed E-state index contributed by atoms with van der Waals surface area (Å²) in [7, 11) is 0. The van der Waals surface area contributed by atoms with Crippen LogP contribution in [0.15, 0.2) is 36.5 Å². The van der Waals surface area contributed by atoms with E-state index >= 15 is 0 Å². The van der Waals surface area contributed by atoms with Gasteiger partial charge in [-0.05, 0) is 81.3 Å². The Labute approximate surface area is 172 Å². The van der Waals surface area contributed by atoms with Crippen LogP contribution in [0.3, 0.4) is 0 Å². The summed E-state index contributed by atoms with van der Waals surface area (Å²) in [6, 6.07) is 12.0. The monoisotopic (exact) mass is 388 g/mol. The first-order valence-corrected chi connectivity index (χ1v) is 10.6. The summed E-state index contributed by atoms with van der Waals surface area (Å²) in [6.07, 6.45) is 8.44. The predicted molar refractivity (Wildman–Crippen MR) is 115 cm³/mol. The molecule has 2 aliphatic carbocycles. The summed E-state index contributed by atoms with van der Waals surface area (Å²) >= 11 is 0. The fourth-order valence-electron chi connectivity index (χ4n) is 3.99. The molecule has 5 nitrogen and oxygen atoms in total. The highest BCUT2D eigenvalue weighted by Gasteiger charge is 2.39. The maximum absolute atomic E-state index is 11.8. The lowest BCUT2D eigenvalue weighted by Gasteiger charge is -2.38.